The van der Waals surface area contributed by atoms with Crippen LogP contribution in [-0.4, -0.2) is 0 Å². The Morgan fingerprint density at radius 3 is 0.700 bits per heavy atom. The van der Waals surface area contributed by atoms with Crippen LogP contribution in [0.2, 0.25) is 0 Å². The SMILES string of the molecule is Cc1ccccc1.Cc1ccccc1.c1ccccc1. The Balaban J connectivity index is 0.000000151. The van der Waals surface area contributed by atoms with E-state index in [1.54, 1.807) is 0 Å². The lowest BCUT2D eigenvalue weighted by atomic mass is 10.2. The summed E-state index contributed by atoms with van der Waals surface area (Å²) in [5.74, 6) is 0. The van der Waals surface area contributed by atoms with E-state index in [-0.39, 0.29) is 0 Å². The van der Waals surface area contributed by atoms with Crippen LogP contribution in [0.5, 0.6) is 0 Å². The molecule has 0 unspecified atom stereocenters. The predicted octanol–water partition coefficient (Wildman–Crippen LogP) is 5.68. The molecular weight excluding hydrogens is 240 g/mol. The van der Waals surface area contributed by atoms with Gasteiger partial charge in [-0.2, -0.15) is 0 Å². The average molecular weight is 262 g/mol. The van der Waals surface area contributed by atoms with Crippen molar-refractivity contribution < 1.29 is 0 Å². The van der Waals surface area contributed by atoms with E-state index in [0.29, 0.717) is 0 Å². The van der Waals surface area contributed by atoms with Crippen molar-refractivity contribution in [2.75, 3.05) is 0 Å². The summed E-state index contributed by atoms with van der Waals surface area (Å²) in [6, 6.07) is 32.5. The molecule has 102 valence electrons. The highest BCUT2D eigenvalue weighted by molar-refractivity contribution is 5.12. The molecule has 0 saturated carbocycles. The molecule has 3 rings (SSSR count). The zero-order valence-electron chi connectivity index (χ0n) is 12.2. The number of aryl methyl sites for hydroxylation is 2. The van der Waals surface area contributed by atoms with Crippen LogP contribution >= 0.6 is 0 Å². The molecule has 0 aliphatic heterocycles. The Hall–Kier alpha value is -2.34. The van der Waals surface area contributed by atoms with E-state index in [9.17, 15) is 0 Å². The van der Waals surface area contributed by atoms with E-state index in [0.717, 1.165) is 0 Å². The van der Waals surface area contributed by atoms with E-state index in [1.165, 1.54) is 11.1 Å². The quantitative estimate of drug-likeness (QED) is 0.489. The molecule has 0 aliphatic rings. The molecule has 0 heteroatoms. The minimum Gasteiger partial charge on any atom is -0.0623 e. The third kappa shape index (κ3) is 8.71. The highest BCUT2D eigenvalue weighted by atomic mass is 13.8. The molecule has 20 heavy (non-hydrogen) atoms. The van der Waals surface area contributed by atoms with Gasteiger partial charge in [0.15, 0.2) is 0 Å². The first kappa shape index (κ1) is 15.7. The molecule has 0 aromatic heterocycles. The molecule has 0 heterocycles. The highest BCUT2D eigenvalue weighted by Gasteiger charge is 1.72. The first-order chi connectivity index (χ1) is 9.79. The molecule has 3 aromatic rings. The van der Waals surface area contributed by atoms with Crippen LogP contribution in [0.3, 0.4) is 0 Å². The Morgan fingerprint density at radius 2 is 0.550 bits per heavy atom. The fourth-order valence-electron chi connectivity index (χ4n) is 1.45. The van der Waals surface area contributed by atoms with Crippen molar-refractivity contribution in [2.24, 2.45) is 0 Å². The van der Waals surface area contributed by atoms with Crippen molar-refractivity contribution in [1.82, 2.24) is 0 Å². The van der Waals surface area contributed by atoms with Crippen molar-refractivity contribution in [2.45, 2.75) is 13.8 Å². The van der Waals surface area contributed by atoms with Crippen LogP contribution < -0.4 is 0 Å². The van der Waals surface area contributed by atoms with Gasteiger partial charge in [0.25, 0.3) is 0 Å². The Kier molecular flexibility index (Phi) is 8.31. The molecule has 0 atom stereocenters. The van der Waals surface area contributed by atoms with E-state index < -0.39 is 0 Å². The molecule has 3 aromatic carbocycles. The Labute approximate surface area is 122 Å². The zero-order chi connectivity index (χ0) is 14.5. The monoisotopic (exact) mass is 262 g/mol. The molecule has 0 amide bonds. The topological polar surface area (TPSA) is 0 Å². The fourth-order valence-corrected chi connectivity index (χ4v) is 1.45. The summed E-state index contributed by atoms with van der Waals surface area (Å²) in [7, 11) is 0. The standard InChI is InChI=1S/2C7H8.C6H6/c2*1-7-5-3-2-4-6-7;1-2-4-6-5-3-1/h2*2-6H,1H3;1-6H. The van der Waals surface area contributed by atoms with Crippen LogP contribution in [0.25, 0.3) is 0 Å². The normalized spacial score (nSPS) is 8.50. The van der Waals surface area contributed by atoms with E-state index in [1.807, 2.05) is 72.8 Å². The fraction of sp³-hybridized carbons (Fsp3) is 0.100. The van der Waals surface area contributed by atoms with Crippen molar-refractivity contribution in [3.8, 4) is 0 Å². The second-order valence-corrected chi connectivity index (χ2v) is 4.46. The van der Waals surface area contributed by atoms with Gasteiger partial charge in [0.05, 0.1) is 0 Å². The summed E-state index contributed by atoms with van der Waals surface area (Å²) in [5.41, 5.74) is 2.64. The van der Waals surface area contributed by atoms with Gasteiger partial charge in [-0.15, -0.1) is 0 Å². The van der Waals surface area contributed by atoms with Gasteiger partial charge in [-0.05, 0) is 13.8 Å². The Morgan fingerprint density at radius 1 is 0.350 bits per heavy atom. The first-order valence-electron chi connectivity index (χ1n) is 6.82. The van der Waals surface area contributed by atoms with Gasteiger partial charge in [-0.25, -0.2) is 0 Å². The molecule has 0 nitrogen and oxygen atoms in total. The van der Waals surface area contributed by atoms with Gasteiger partial charge >= 0.3 is 0 Å². The molecule has 0 fully saturated rings. The zero-order valence-corrected chi connectivity index (χ0v) is 12.2. The maximum Gasteiger partial charge on any atom is -0.0398 e. The summed E-state index contributed by atoms with van der Waals surface area (Å²) in [4.78, 5) is 0. The largest absolute Gasteiger partial charge is 0.0623 e. The summed E-state index contributed by atoms with van der Waals surface area (Å²) < 4.78 is 0. The molecular formula is C20H22. The maximum atomic E-state index is 2.08. The molecule has 0 aliphatic carbocycles. The molecule has 0 N–H and O–H groups in total. The molecule has 0 radical (unpaired) electrons. The number of rotatable bonds is 0. The number of hydrogen-bond donors (Lipinski definition) is 0. The van der Waals surface area contributed by atoms with E-state index >= 15 is 0 Å². The van der Waals surface area contributed by atoms with Crippen LogP contribution in [0.4, 0.5) is 0 Å². The van der Waals surface area contributed by atoms with Crippen LogP contribution in [0.1, 0.15) is 11.1 Å². The average Bonchev–Trinajstić information content (AvgIpc) is 2.52. The highest BCUT2D eigenvalue weighted by Crippen LogP contribution is 1.92. The lowest BCUT2D eigenvalue weighted by molar-refractivity contribution is 1.48. The van der Waals surface area contributed by atoms with Crippen molar-refractivity contribution in [3.63, 3.8) is 0 Å². The minimum atomic E-state index is 1.32. The smallest absolute Gasteiger partial charge is 0.0398 e. The van der Waals surface area contributed by atoms with Gasteiger partial charge in [0, 0.05) is 0 Å². The van der Waals surface area contributed by atoms with E-state index in [2.05, 4.69) is 38.1 Å². The first-order valence-corrected chi connectivity index (χ1v) is 6.82. The van der Waals surface area contributed by atoms with Crippen LogP contribution in [-0.2, 0) is 0 Å². The van der Waals surface area contributed by atoms with Gasteiger partial charge < -0.3 is 0 Å². The maximum absolute atomic E-state index is 2.08. The van der Waals surface area contributed by atoms with Gasteiger partial charge in [0.1, 0.15) is 0 Å². The van der Waals surface area contributed by atoms with Crippen LogP contribution in [0, 0.1) is 13.8 Å². The summed E-state index contributed by atoms with van der Waals surface area (Å²) in [5, 5.41) is 0. The minimum absolute atomic E-state index is 1.32. The molecule has 0 spiro atoms. The van der Waals surface area contributed by atoms with Crippen molar-refractivity contribution >= 4 is 0 Å². The summed E-state index contributed by atoms with van der Waals surface area (Å²) >= 11 is 0. The summed E-state index contributed by atoms with van der Waals surface area (Å²) in [6.45, 7) is 4.17. The third-order valence-corrected chi connectivity index (χ3v) is 2.55. The molecule has 0 saturated heterocycles. The number of benzene rings is 3. The second kappa shape index (κ2) is 10.6. The van der Waals surface area contributed by atoms with Gasteiger partial charge in [0.2, 0.25) is 0 Å². The number of hydrogen-bond acceptors (Lipinski definition) is 0. The van der Waals surface area contributed by atoms with Crippen molar-refractivity contribution in [1.29, 1.82) is 0 Å². The molecule has 0 bridgehead atoms. The van der Waals surface area contributed by atoms with Crippen LogP contribution in [0.15, 0.2) is 97.1 Å². The van der Waals surface area contributed by atoms with Gasteiger partial charge in [-0.1, -0.05) is 108 Å². The third-order valence-electron chi connectivity index (χ3n) is 2.55. The summed E-state index contributed by atoms with van der Waals surface area (Å²) in [6.07, 6.45) is 0. The predicted molar refractivity (Wildman–Crippen MR) is 88.8 cm³/mol. The van der Waals surface area contributed by atoms with Gasteiger partial charge in [-0.3, -0.25) is 0 Å². The second-order valence-electron chi connectivity index (χ2n) is 4.46. The lowest BCUT2D eigenvalue weighted by Crippen LogP contribution is -1.62. The van der Waals surface area contributed by atoms with E-state index in [4.69, 9.17) is 0 Å². The Bertz CT molecular complexity index is 463. The van der Waals surface area contributed by atoms with Crippen molar-refractivity contribution in [3.05, 3.63) is 108 Å². The lowest BCUT2D eigenvalue weighted by Gasteiger charge is -1.82.